The van der Waals surface area contributed by atoms with Crippen molar-refractivity contribution in [1.29, 1.82) is 0 Å². The highest BCUT2D eigenvalue weighted by Crippen LogP contribution is 2.53. The van der Waals surface area contributed by atoms with Gasteiger partial charge in [0.15, 0.2) is 0 Å². The first-order valence-corrected chi connectivity index (χ1v) is 5.34. The minimum absolute atomic E-state index is 0.0826. The fourth-order valence-electron chi connectivity index (χ4n) is 1.01. The van der Waals surface area contributed by atoms with Gasteiger partial charge in [0.1, 0.15) is 5.76 Å². The van der Waals surface area contributed by atoms with Crippen LogP contribution >= 0.6 is 0 Å². The first-order valence-electron chi connectivity index (χ1n) is 5.34. The first kappa shape index (κ1) is 20.4. The summed E-state index contributed by atoms with van der Waals surface area (Å²) in [6.45, 7) is 1.53. The van der Waals surface area contributed by atoms with Gasteiger partial charge in [-0.1, -0.05) is 0 Å². The summed E-state index contributed by atoms with van der Waals surface area (Å²) in [6.07, 6.45) is -13.1. The summed E-state index contributed by atoms with van der Waals surface area (Å²) >= 11 is 0. The quantitative estimate of drug-likeness (QED) is 0.316. The second-order valence-electron chi connectivity index (χ2n) is 3.77. The Morgan fingerprint density at radius 2 is 1.41 bits per heavy atom. The largest absolute Gasteiger partial charge is 0.471 e. The summed E-state index contributed by atoms with van der Waals surface area (Å²) in [5.74, 6) is -16.7. The van der Waals surface area contributed by atoms with Gasteiger partial charge in [0, 0.05) is 0 Å². The van der Waals surface area contributed by atoms with Crippen LogP contribution in [0.15, 0.2) is 11.8 Å². The molecule has 0 aromatic rings. The maximum Gasteiger partial charge on any atom is 0.471 e. The molecule has 12 heteroatoms. The molecule has 0 saturated heterocycles. The molecule has 22 heavy (non-hydrogen) atoms. The van der Waals surface area contributed by atoms with Crippen molar-refractivity contribution in [3.63, 3.8) is 0 Å². The van der Waals surface area contributed by atoms with Crippen LogP contribution in [0, 0.1) is 0 Å². The van der Waals surface area contributed by atoms with Gasteiger partial charge in [0.2, 0.25) is 0 Å². The van der Waals surface area contributed by atoms with Crippen molar-refractivity contribution in [1.82, 2.24) is 0 Å². The molecule has 0 atom stereocenters. The SMILES string of the molecule is CCOC(=O)/C=C(\C)OC(F)(F)C(F)(F)C(F)(F)C(F)(F)F. The van der Waals surface area contributed by atoms with Gasteiger partial charge in [-0.3, -0.25) is 0 Å². The van der Waals surface area contributed by atoms with Gasteiger partial charge < -0.3 is 9.47 Å². The Morgan fingerprint density at radius 1 is 0.955 bits per heavy atom. The smallest absolute Gasteiger partial charge is 0.463 e. The number of halogens is 9. The van der Waals surface area contributed by atoms with E-state index >= 15 is 0 Å². The van der Waals surface area contributed by atoms with Crippen molar-refractivity contribution in [2.45, 2.75) is 38.0 Å². The minimum atomic E-state index is -7.06. The van der Waals surface area contributed by atoms with Crippen molar-refractivity contribution >= 4 is 5.97 Å². The Bertz CT molecular complexity index is 439. The van der Waals surface area contributed by atoms with Crippen LogP contribution in [0.4, 0.5) is 39.5 Å². The Kier molecular flexibility index (Phi) is 5.78. The van der Waals surface area contributed by atoms with Crippen LogP contribution in [0.3, 0.4) is 0 Å². The highest BCUT2D eigenvalue weighted by Gasteiger charge is 2.83. The number of allylic oxidation sites excluding steroid dienone is 1. The zero-order valence-electron chi connectivity index (χ0n) is 10.9. The lowest BCUT2D eigenvalue weighted by atomic mass is 10.1. The number of hydrogen-bond acceptors (Lipinski definition) is 3. The Labute approximate surface area is 117 Å². The van der Waals surface area contributed by atoms with E-state index in [0.717, 1.165) is 0 Å². The molecular formula is C10H9F9O3. The minimum Gasteiger partial charge on any atom is -0.463 e. The van der Waals surface area contributed by atoms with Crippen molar-refractivity contribution in [2.24, 2.45) is 0 Å². The molecule has 0 aliphatic heterocycles. The van der Waals surface area contributed by atoms with E-state index in [0.29, 0.717) is 6.92 Å². The Morgan fingerprint density at radius 3 is 1.77 bits per heavy atom. The van der Waals surface area contributed by atoms with E-state index in [1.165, 1.54) is 6.92 Å². The Balaban J connectivity index is 5.42. The van der Waals surface area contributed by atoms with Gasteiger partial charge in [-0.25, -0.2) is 4.79 Å². The van der Waals surface area contributed by atoms with Gasteiger partial charge in [0.25, 0.3) is 0 Å². The maximum absolute atomic E-state index is 13.0. The van der Waals surface area contributed by atoms with Crippen molar-refractivity contribution in [3.8, 4) is 0 Å². The summed E-state index contributed by atoms with van der Waals surface area (Å²) in [7, 11) is 0. The van der Waals surface area contributed by atoms with Crippen LogP contribution in [0.5, 0.6) is 0 Å². The summed E-state index contributed by atoms with van der Waals surface area (Å²) in [6, 6.07) is 0. The molecule has 3 nitrogen and oxygen atoms in total. The predicted molar refractivity (Wildman–Crippen MR) is 52.4 cm³/mol. The van der Waals surface area contributed by atoms with Crippen LogP contribution in [0.1, 0.15) is 13.8 Å². The molecule has 0 bridgehead atoms. The molecular weight excluding hydrogens is 339 g/mol. The topological polar surface area (TPSA) is 35.5 Å². The third-order valence-corrected chi connectivity index (χ3v) is 2.01. The lowest BCUT2D eigenvalue weighted by molar-refractivity contribution is -0.437. The lowest BCUT2D eigenvalue weighted by Crippen LogP contribution is -2.61. The van der Waals surface area contributed by atoms with Gasteiger partial charge in [-0.15, -0.1) is 0 Å². The monoisotopic (exact) mass is 348 g/mol. The van der Waals surface area contributed by atoms with Crippen molar-refractivity contribution < 1.29 is 53.8 Å². The van der Waals surface area contributed by atoms with Crippen LogP contribution in [0.2, 0.25) is 0 Å². The molecule has 0 heterocycles. The molecule has 0 aliphatic rings. The van der Waals surface area contributed by atoms with Crippen LogP contribution in [-0.4, -0.2) is 36.7 Å². The molecule has 0 unspecified atom stereocenters. The van der Waals surface area contributed by atoms with Crippen LogP contribution in [0.25, 0.3) is 0 Å². The van der Waals surface area contributed by atoms with Gasteiger partial charge in [-0.2, -0.15) is 39.5 Å². The summed E-state index contributed by atoms with van der Waals surface area (Å²) in [5.41, 5.74) is 0. The molecule has 0 aromatic carbocycles. The number of rotatable bonds is 6. The van der Waals surface area contributed by atoms with E-state index in [2.05, 4.69) is 9.47 Å². The van der Waals surface area contributed by atoms with Gasteiger partial charge >= 0.3 is 30.1 Å². The van der Waals surface area contributed by atoms with E-state index in [4.69, 9.17) is 0 Å². The predicted octanol–water partition coefficient (Wildman–Crippen LogP) is 3.90. The second-order valence-corrected chi connectivity index (χ2v) is 3.77. The molecule has 0 spiro atoms. The third-order valence-electron chi connectivity index (χ3n) is 2.01. The second kappa shape index (κ2) is 6.24. The van der Waals surface area contributed by atoms with Crippen molar-refractivity contribution in [3.05, 3.63) is 11.8 Å². The van der Waals surface area contributed by atoms with Gasteiger partial charge in [0.05, 0.1) is 12.7 Å². The summed E-state index contributed by atoms with van der Waals surface area (Å²) in [4.78, 5) is 10.8. The van der Waals surface area contributed by atoms with E-state index in [1.54, 1.807) is 0 Å². The number of esters is 1. The van der Waals surface area contributed by atoms with E-state index in [-0.39, 0.29) is 12.7 Å². The first-order chi connectivity index (χ1) is 9.60. The highest BCUT2D eigenvalue weighted by atomic mass is 19.4. The molecule has 0 aromatic heterocycles. The molecule has 130 valence electrons. The number of alkyl halides is 9. The zero-order chi connectivity index (χ0) is 18.0. The summed E-state index contributed by atoms with van der Waals surface area (Å²) in [5, 5.41) is 0. The highest BCUT2D eigenvalue weighted by molar-refractivity contribution is 5.82. The fourth-order valence-corrected chi connectivity index (χ4v) is 1.01. The Hall–Kier alpha value is -1.62. The third kappa shape index (κ3) is 3.97. The molecule has 0 saturated carbocycles. The molecule has 0 N–H and O–H groups in total. The van der Waals surface area contributed by atoms with Crippen molar-refractivity contribution in [2.75, 3.05) is 6.61 Å². The molecule has 0 radical (unpaired) electrons. The van der Waals surface area contributed by atoms with Crippen LogP contribution in [-0.2, 0) is 14.3 Å². The van der Waals surface area contributed by atoms with Gasteiger partial charge in [-0.05, 0) is 13.8 Å². The number of carbonyl (C=O) groups excluding carboxylic acids is 1. The van der Waals surface area contributed by atoms with E-state index < -0.39 is 35.9 Å². The molecule has 0 amide bonds. The number of carbonyl (C=O) groups is 1. The number of hydrogen-bond donors (Lipinski definition) is 0. The standard InChI is InChI=1S/C10H9F9O3/c1-3-21-6(20)4-5(2)22-10(18,19)8(13,14)7(11,12)9(15,16)17/h4H,3H2,1-2H3/b5-4+. The molecule has 0 fully saturated rings. The molecule has 0 aliphatic carbocycles. The maximum atomic E-state index is 13.0. The normalized spacial score (nSPS) is 14.8. The number of ether oxygens (including phenoxy) is 2. The molecule has 0 rings (SSSR count). The van der Waals surface area contributed by atoms with E-state index in [9.17, 15) is 44.3 Å². The fraction of sp³-hybridized carbons (Fsp3) is 0.700. The van der Waals surface area contributed by atoms with Crippen LogP contribution < -0.4 is 0 Å². The lowest BCUT2D eigenvalue weighted by Gasteiger charge is -2.33. The average molecular weight is 348 g/mol. The summed E-state index contributed by atoms with van der Waals surface area (Å²) < 4.78 is 119. The zero-order valence-corrected chi connectivity index (χ0v) is 10.9. The van der Waals surface area contributed by atoms with E-state index in [1.807, 2.05) is 0 Å². The average Bonchev–Trinajstić information content (AvgIpc) is 2.25.